The maximum absolute atomic E-state index is 13.2. The summed E-state index contributed by atoms with van der Waals surface area (Å²) in [6, 6.07) is 2.78. The van der Waals surface area contributed by atoms with Gasteiger partial charge in [-0.05, 0) is 43.7 Å². The summed E-state index contributed by atoms with van der Waals surface area (Å²) in [6.45, 7) is 4.36. The maximum Gasteiger partial charge on any atom is 0.434 e. The first-order valence-corrected chi connectivity index (χ1v) is 12.3. The quantitative estimate of drug-likeness (QED) is 0.661. The van der Waals surface area contributed by atoms with E-state index >= 15 is 0 Å². The zero-order valence-electron chi connectivity index (χ0n) is 17.2. The van der Waals surface area contributed by atoms with Gasteiger partial charge in [-0.15, -0.1) is 0 Å². The average Bonchev–Trinajstić information content (AvgIpc) is 3.08. The van der Waals surface area contributed by atoms with Gasteiger partial charge in [0.05, 0.1) is 29.7 Å². The third-order valence-corrected chi connectivity index (χ3v) is 7.52. The first-order valence-electron chi connectivity index (χ1n) is 9.94. The fraction of sp³-hybridized carbons (Fsp3) is 0.550. The Labute approximate surface area is 185 Å². The zero-order valence-corrected chi connectivity index (χ0v) is 18.8. The molecule has 11 heteroatoms. The van der Waals surface area contributed by atoms with E-state index in [0.29, 0.717) is 5.82 Å². The average molecular weight is 473 g/mol. The van der Waals surface area contributed by atoms with E-state index < -0.39 is 22.7 Å². The predicted molar refractivity (Wildman–Crippen MR) is 112 cm³/mol. The molecule has 0 saturated carbocycles. The lowest BCUT2D eigenvalue weighted by Gasteiger charge is -2.39. The van der Waals surface area contributed by atoms with Gasteiger partial charge in [-0.3, -0.25) is 9.19 Å². The molecule has 4 rings (SSSR count). The van der Waals surface area contributed by atoms with Gasteiger partial charge < -0.3 is 9.64 Å². The number of nitrogens with zero attached hydrogens (tertiary/aromatic N) is 4. The van der Waals surface area contributed by atoms with Crippen molar-refractivity contribution < 1.29 is 22.1 Å². The smallest absolute Gasteiger partial charge is 0.378 e. The van der Waals surface area contributed by atoms with Crippen molar-refractivity contribution in [3.05, 3.63) is 30.2 Å². The number of ether oxygens (including phenoxy) is 1. The van der Waals surface area contributed by atoms with Gasteiger partial charge in [0.1, 0.15) is 5.03 Å². The van der Waals surface area contributed by atoms with Crippen molar-refractivity contribution in [1.82, 2.24) is 15.0 Å². The van der Waals surface area contributed by atoms with Crippen LogP contribution in [0.2, 0.25) is 0 Å². The molecule has 1 spiro atoms. The molecule has 0 aliphatic carbocycles. The maximum atomic E-state index is 13.2. The predicted octanol–water partition coefficient (Wildman–Crippen LogP) is 4.17. The molecule has 31 heavy (non-hydrogen) atoms. The van der Waals surface area contributed by atoms with Crippen LogP contribution in [-0.4, -0.2) is 51.2 Å². The molecule has 0 bridgehead atoms. The van der Waals surface area contributed by atoms with Gasteiger partial charge in [0.15, 0.2) is 16.5 Å². The fourth-order valence-corrected chi connectivity index (χ4v) is 5.80. The molecule has 1 unspecified atom stereocenters. The minimum Gasteiger partial charge on any atom is -0.378 e. The second kappa shape index (κ2) is 8.67. The number of alkyl halides is 3. The van der Waals surface area contributed by atoms with Crippen LogP contribution in [0, 0.1) is 5.41 Å². The van der Waals surface area contributed by atoms with Gasteiger partial charge in [0, 0.05) is 30.4 Å². The van der Waals surface area contributed by atoms with E-state index in [-0.39, 0.29) is 26.5 Å². The van der Waals surface area contributed by atoms with Gasteiger partial charge in [0.25, 0.3) is 0 Å². The molecule has 2 saturated heterocycles. The van der Waals surface area contributed by atoms with Crippen molar-refractivity contribution in [3.63, 3.8) is 0 Å². The highest BCUT2D eigenvalue weighted by molar-refractivity contribution is 7.99. The molecule has 2 fully saturated rings. The van der Waals surface area contributed by atoms with Crippen LogP contribution in [0.1, 0.15) is 31.9 Å². The summed E-state index contributed by atoms with van der Waals surface area (Å²) in [5, 5.41) is 0.536. The standard InChI is InChI=1S/C20H23F3N4O2S2/c1-13-10-19(12-29-13)5-8-27(9-6-19)17-18(31(2)28)26-15(11-25-17)30-14-4-3-7-24-16(14)20(21,22)23/h3-4,7,11,13H,5-6,8-10,12H2,1-2H3/t13-,31?/m0/s1. The van der Waals surface area contributed by atoms with Crippen molar-refractivity contribution in [3.8, 4) is 0 Å². The van der Waals surface area contributed by atoms with Crippen LogP contribution in [0.3, 0.4) is 0 Å². The largest absolute Gasteiger partial charge is 0.434 e. The molecule has 2 aliphatic heterocycles. The first kappa shape index (κ1) is 22.5. The Morgan fingerprint density at radius 3 is 2.65 bits per heavy atom. The second-order valence-electron chi connectivity index (χ2n) is 8.05. The third kappa shape index (κ3) is 4.88. The Bertz CT molecular complexity index is 981. The molecule has 2 aromatic heterocycles. The third-order valence-electron chi connectivity index (χ3n) is 5.74. The van der Waals surface area contributed by atoms with Crippen LogP contribution in [0.15, 0.2) is 39.5 Å². The molecule has 2 atom stereocenters. The summed E-state index contributed by atoms with van der Waals surface area (Å²) in [7, 11) is -1.44. The van der Waals surface area contributed by atoms with Crippen molar-refractivity contribution in [2.45, 2.75) is 53.4 Å². The first-order chi connectivity index (χ1) is 14.7. The minimum atomic E-state index is -4.57. The van der Waals surface area contributed by atoms with E-state index in [2.05, 4.69) is 26.8 Å². The summed E-state index contributed by atoms with van der Waals surface area (Å²) in [5.41, 5.74) is -0.779. The molecule has 6 nitrogen and oxygen atoms in total. The van der Waals surface area contributed by atoms with Crippen molar-refractivity contribution >= 4 is 28.4 Å². The topological polar surface area (TPSA) is 68.2 Å². The SMILES string of the molecule is C[C@H]1CC2(CCN(c3ncc(Sc4cccnc4C(F)(F)F)nc3S(C)=O)CC2)CO1. The lowest BCUT2D eigenvalue weighted by molar-refractivity contribution is -0.143. The van der Waals surface area contributed by atoms with Crippen LogP contribution in [0.4, 0.5) is 19.0 Å². The van der Waals surface area contributed by atoms with Crippen LogP contribution in [0.25, 0.3) is 0 Å². The number of rotatable bonds is 4. The van der Waals surface area contributed by atoms with E-state index in [1.54, 1.807) is 0 Å². The van der Waals surface area contributed by atoms with E-state index in [9.17, 15) is 17.4 Å². The molecule has 2 aliphatic rings. The van der Waals surface area contributed by atoms with E-state index in [4.69, 9.17) is 4.74 Å². The number of piperidine rings is 1. The van der Waals surface area contributed by atoms with E-state index in [1.165, 1.54) is 24.6 Å². The van der Waals surface area contributed by atoms with Gasteiger partial charge in [-0.25, -0.2) is 9.97 Å². The second-order valence-corrected chi connectivity index (χ2v) is 10.4. The lowest BCUT2D eigenvalue weighted by atomic mass is 9.77. The number of hydrogen-bond acceptors (Lipinski definition) is 7. The van der Waals surface area contributed by atoms with Crippen molar-refractivity contribution in [2.75, 3.05) is 30.9 Å². The highest BCUT2D eigenvalue weighted by Gasteiger charge is 2.41. The molecular formula is C20H23F3N4O2S2. The van der Waals surface area contributed by atoms with Gasteiger partial charge >= 0.3 is 6.18 Å². The van der Waals surface area contributed by atoms with Crippen LogP contribution in [0.5, 0.6) is 0 Å². The molecule has 0 radical (unpaired) electrons. The van der Waals surface area contributed by atoms with Crippen molar-refractivity contribution in [1.29, 1.82) is 0 Å². The van der Waals surface area contributed by atoms with E-state index in [1.807, 2.05) is 0 Å². The molecular weight excluding hydrogens is 449 g/mol. The molecule has 2 aromatic rings. The minimum absolute atomic E-state index is 0.0693. The number of aromatic nitrogens is 3. The number of anilines is 1. The summed E-state index contributed by atoms with van der Waals surface area (Å²) in [6.07, 6.45) is 2.70. The summed E-state index contributed by atoms with van der Waals surface area (Å²) < 4.78 is 57.9. The van der Waals surface area contributed by atoms with Gasteiger partial charge in [0.2, 0.25) is 0 Å². The highest BCUT2D eigenvalue weighted by Crippen LogP contribution is 2.43. The molecule has 0 aromatic carbocycles. The zero-order chi connectivity index (χ0) is 22.2. The monoisotopic (exact) mass is 472 g/mol. The summed E-state index contributed by atoms with van der Waals surface area (Å²) >= 11 is 0.818. The highest BCUT2D eigenvalue weighted by atomic mass is 32.2. The summed E-state index contributed by atoms with van der Waals surface area (Å²) in [4.78, 5) is 14.3. The number of hydrogen-bond donors (Lipinski definition) is 0. The molecule has 0 amide bonds. The van der Waals surface area contributed by atoms with E-state index in [0.717, 1.165) is 56.9 Å². The Morgan fingerprint density at radius 2 is 2.03 bits per heavy atom. The Hall–Kier alpha value is -1.72. The Balaban J connectivity index is 1.55. The lowest BCUT2D eigenvalue weighted by Crippen LogP contribution is -2.41. The van der Waals surface area contributed by atoms with Crippen LogP contribution >= 0.6 is 11.8 Å². The molecule has 168 valence electrons. The summed E-state index contributed by atoms with van der Waals surface area (Å²) in [5.74, 6) is 0.536. The number of halogens is 3. The molecule has 0 N–H and O–H groups in total. The normalized spacial score (nSPS) is 22.1. The van der Waals surface area contributed by atoms with Crippen LogP contribution in [-0.2, 0) is 21.7 Å². The van der Waals surface area contributed by atoms with Gasteiger partial charge in [-0.1, -0.05) is 11.8 Å². The Morgan fingerprint density at radius 1 is 1.29 bits per heavy atom. The van der Waals surface area contributed by atoms with Gasteiger partial charge in [-0.2, -0.15) is 13.2 Å². The fourth-order valence-electron chi connectivity index (χ4n) is 4.20. The van der Waals surface area contributed by atoms with Crippen molar-refractivity contribution in [2.24, 2.45) is 5.41 Å². The Kier molecular flexibility index (Phi) is 6.28. The van der Waals surface area contributed by atoms with Crippen LogP contribution < -0.4 is 4.90 Å². The number of pyridine rings is 1. The molecule has 4 heterocycles.